The minimum atomic E-state index is -0.129. The van der Waals surface area contributed by atoms with Crippen molar-refractivity contribution in [3.05, 3.63) is 28.2 Å². The Morgan fingerprint density at radius 2 is 2.00 bits per heavy atom. The monoisotopic (exact) mass is 301 g/mol. The molecule has 1 rings (SSSR count). The summed E-state index contributed by atoms with van der Waals surface area (Å²) in [5.41, 5.74) is 7.44. The quantitative estimate of drug-likeness (QED) is 0.647. The van der Waals surface area contributed by atoms with Crippen LogP contribution in [0.15, 0.2) is 22.7 Å². The standard InChI is InChI=1S/C13H20BrNO2/c1-13(2,16-3)4-5-17-9-10-6-11(14)8-12(15)7-10/h6-8H,4-5,9,15H2,1-3H3. The van der Waals surface area contributed by atoms with Gasteiger partial charge in [0.05, 0.1) is 12.2 Å². The van der Waals surface area contributed by atoms with E-state index in [0.29, 0.717) is 13.2 Å². The lowest BCUT2D eigenvalue weighted by atomic mass is 10.1. The molecule has 0 amide bonds. The molecule has 96 valence electrons. The number of nitrogen functional groups attached to an aromatic ring is 1. The zero-order chi connectivity index (χ0) is 12.9. The maximum Gasteiger partial charge on any atom is 0.0718 e. The molecule has 17 heavy (non-hydrogen) atoms. The number of benzene rings is 1. The van der Waals surface area contributed by atoms with Crippen molar-refractivity contribution in [3.63, 3.8) is 0 Å². The smallest absolute Gasteiger partial charge is 0.0718 e. The summed E-state index contributed by atoms with van der Waals surface area (Å²) in [6.45, 7) is 5.34. The van der Waals surface area contributed by atoms with E-state index >= 15 is 0 Å². The van der Waals surface area contributed by atoms with Gasteiger partial charge in [0, 0.05) is 23.9 Å². The summed E-state index contributed by atoms with van der Waals surface area (Å²) < 4.78 is 11.9. The Balaban J connectivity index is 2.36. The van der Waals surface area contributed by atoms with Crippen LogP contribution >= 0.6 is 15.9 Å². The minimum Gasteiger partial charge on any atom is -0.399 e. The fourth-order valence-electron chi connectivity index (χ4n) is 1.37. The van der Waals surface area contributed by atoms with E-state index in [4.69, 9.17) is 15.2 Å². The Bertz CT molecular complexity index is 346. The average molecular weight is 302 g/mol. The molecule has 0 aliphatic carbocycles. The van der Waals surface area contributed by atoms with Crippen molar-refractivity contribution in [1.82, 2.24) is 0 Å². The van der Waals surface area contributed by atoms with Crippen LogP contribution in [-0.2, 0) is 16.1 Å². The highest BCUT2D eigenvalue weighted by atomic mass is 79.9. The van der Waals surface area contributed by atoms with Crippen LogP contribution in [0.2, 0.25) is 0 Å². The highest BCUT2D eigenvalue weighted by Gasteiger charge is 2.15. The summed E-state index contributed by atoms with van der Waals surface area (Å²) in [4.78, 5) is 0. The molecule has 0 saturated heterocycles. The molecule has 0 aliphatic heterocycles. The van der Waals surface area contributed by atoms with Gasteiger partial charge in [-0.25, -0.2) is 0 Å². The van der Waals surface area contributed by atoms with E-state index in [9.17, 15) is 0 Å². The Kier molecular flexibility index (Phi) is 5.43. The van der Waals surface area contributed by atoms with Crippen molar-refractivity contribution in [2.45, 2.75) is 32.5 Å². The molecule has 1 aromatic carbocycles. The Morgan fingerprint density at radius 1 is 1.29 bits per heavy atom. The summed E-state index contributed by atoms with van der Waals surface area (Å²) in [7, 11) is 1.72. The predicted octanol–water partition coefficient (Wildman–Crippen LogP) is 3.36. The Morgan fingerprint density at radius 3 is 2.59 bits per heavy atom. The van der Waals surface area contributed by atoms with Crippen molar-refractivity contribution in [1.29, 1.82) is 0 Å². The fourth-order valence-corrected chi connectivity index (χ4v) is 1.93. The third-order valence-corrected chi connectivity index (χ3v) is 3.11. The molecule has 3 nitrogen and oxygen atoms in total. The van der Waals surface area contributed by atoms with Crippen LogP contribution in [0.25, 0.3) is 0 Å². The van der Waals surface area contributed by atoms with Crippen LogP contribution in [0.3, 0.4) is 0 Å². The van der Waals surface area contributed by atoms with Gasteiger partial charge in [-0.1, -0.05) is 15.9 Å². The molecule has 0 aromatic heterocycles. The zero-order valence-electron chi connectivity index (χ0n) is 10.6. The number of anilines is 1. The van der Waals surface area contributed by atoms with Crippen LogP contribution in [0.1, 0.15) is 25.8 Å². The second-order valence-corrected chi connectivity index (χ2v) is 5.57. The third kappa shape index (κ3) is 5.52. The molecule has 0 radical (unpaired) electrons. The highest BCUT2D eigenvalue weighted by molar-refractivity contribution is 9.10. The van der Waals surface area contributed by atoms with Crippen molar-refractivity contribution in [2.24, 2.45) is 0 Å². The number of halogens is 1. The van der Waals surface area contributed by atoms with Gasteiger partial charge in [0.1, 0.15) is 0 Å². The first-order valence-corrected chi connectivity index (χ1v) is 6.40. The number of methoxy groups -OCH3 is 1. The normalized spacial score (nSPS) is 11.8. The van der Waals surface area contributed by atoms with Gasteiger partial charge in [0.25, 0.3) is 0 Å². The SMILES string of the molecule is COC(C)(C)CCOCc1cc(N)cc(Br)c1. The van der Waals surface area contributed by atoms with Crippen LogP contribution < -0.4 is 5.73 Å². The number of hydrogen-bond donors (Lipinski definition) is 1. The maximum atomic E-state index is 5.75. The molecule has 0 heterocycles. The predicted molar refractivity (Wildman–Crippen MR) is 73.9 cm³/mol. The molecule has 4 heteroatoms. The summed E-state index contributed by atoms with van der Waals surface area (Å²) in [5.74, 6) is 0. The van der Waals surface area contributed by atoms with Gasteiger partial charge in [-0.3, -0.25) is 0 Å². The van der Waals surface area contributed by atoms with Gasteiger partial charge in [0.2, 0.25) is 0 Å². The molecule has 0 saturated carbocycles. The van der Waals surface area contributed by atoms with Gasteiger partial charge >= 0.3 is 0 Å². The lowest BCUT2D eigenvalue weighted by molar-refractivity contribution is -0.0124. The molecule has 0 aliphatic rings. The molecule has 1 aromatic rings. The summed E-state index contributed by atoms with van der Waals surface area (Å²) in [6, 6.07) is 5.81. The first-order valence-electron chi connectivity index (χ1n) is 5.61. The van der Waals surface area contributed by atoms with Crippen molar-refractivity contribution < 1.29 is 9.47 Å². The van der Waals surface area contributed by atoms with Gasteiger partial charge in [-0.2, -0.15) is 0 Å². The lowest BCUT2D eigenvalue weighted by Gasteiger charge is -2.22. The second-order valence-electron chi connectivity index (χ2n) is 4.66. The van der Waals surface area contributed by atoms with Gasteiger partial charge in [-0.05, 0) is 44.0 Å². The van der Waals surface area contributed by atoms with E-state index in [-0.39, 0.29) is 5.60 Å². The molecule has 0 bridgehead atoms. The summed E-state index contributed by atoms with van der Waals surface area (Å²) in [6.07, 6.45) is 0.868. The minimum absolute atomic E-state index is 0.129. The van der Waals surface area contributed by atoms with E-state index in [1.807, 2.05) is 32.0 Å². The molecular weight excluding hydrogens is 282 g/mol. The van der Waals surface area contributed by atoms with E-state index in [1.165, 1.54) is 0 Å². The van der Waals surface area contributed by atoms with Crippen LogP contribution in [0, 0.1) is 0 Å². The van der Waals surface area contributed by atoms with Crippen LogP contribution in [-0.4, -0.2) is 19.3 Å². The maximum absolute atomic E-state index is 5.75. The first-order chi connectivity index (χ1) is 7.93. The molecule has 0 unspecified atom stereocenters. The second kappa shape index (κ2) is 6.38. The first kappa shape index (κ1) is 14.5. The molecule has 0 atom stereocenters. The molecular formula is C13H20BrNO2. The van der Waals surface area contributed by atoms with Gasteiger partial charge < -0.3 is 15.2 Å². The van der Waals surface area contributed by atoms with Gasteiger partial charge in [-0.15, -0.1) is 0 Å². The third-order valence-electron chi connectivity index (χ3n) is 2.65. The summed E-state index contributed by atoms with van der Waals surface area (Å²) in [5, 5.41) is 0. The van der Waals surface area contributed by atoms with E-state index in [0.717, 1.165) is 22.1 Å². The highest BCUT2D eigenvalue weighted by Crippen LogP contribution is 2.18. The molecule has 0 spiro atoms. The topological polar surface area (TPSA) is 44.5 Å². The van der Waals surface area contributed by atoms with Crippen molar-refractivity contribution in [2.75, 3.05) is 19.5 Å². The number of ether oxygens (including phenoxy) is 2. The Hall–Kier alpha value is -0.580. The van der Waals surface area contributed by atoms with Gasteiger partial charge in [0.15, 0.2) is 0 Å². The van der Waals surface area contributed by atoms with E-state index < -0.39 is 0 Å². The van der Waals surface area contributed by atoms with Crippen LogP contribution in [0.5, 0.6) is 0 Å². The number of nitrogens with two attached hydrogens (primary N) is 1. The lowest BCUT2D eigenvalue weighted by Crippen LogP contribution is -2.24. The average Bonchev–Trinajstić information content (AvgIpc) is 2.23. The number of rotatable bonds is 6. The van der Waals surface area contributed by atoms with Crippen molar-refractivity contribution in [3.8, 4) is 0 Å². The molecule has 0 fully saturated rings. The van der Waals surface area contributed by atoms with Crippen molar-refractivity contribution >= 4 is 21.6 Å². The number of hydrogen-bond acceptors (Lipinski definition) is 3. The zero-order valence-corrected chi connectivity index (χ0v) is 12.2. The fraction of sp³-hybridized carbons (Fsp3) is 0.538. The summed E-state index contributed by atoms with van der Waals surface area (Å²) >= 11 is 3.41. The molecule has 2 N–H and O–H groups in total. The largest absolute Gasteiger partial charge is 0.399 e. The van der Waals surface area contributed by atoms with E-state index in [2.05, 4.69) is 15.9 Å². The van der Waals surface area contributed by atoms with Crippen LogP contribution in [0.4, 0.5) is 5.69 Å². The van der Waals surface area contributed by atoms with E-state index in [1.54, 1.807) is 7.11 Å². The Labute approximate surface area is 111 Å².